The number of fused-ring (bicyclic) bond motifs is 2. The first-order valence-electron chi connectivity index (χ1n) is 6.15. The van der Waals surface area contributed by atoms with E-state index in [1.54, 1.807) is 6.07 Å². The van der Waals surface area contributed by atoms with Crippen molar-refractivity contribution in [2.24, 2.45) is 0 Å². The van der Waals surface area contributed by atoms with Crippen LogP contribution in [0.3, 0.4) is 0 Å². The molecule has 0 spiro atoms. The number of nitrogens with one attached hydrogen (secondary N) is 2. The van der Waals surface area contributed by atoms with E-state index in [4.69, 9.17) is 4.74 Å². The number of hydrogen-bond donors (Lipinski definition) is 3. The van der Waals surface area contributed by atoms with Gasteiger partial charge in [0.2, 0.25) is 5.88 Å². The first-order chi connectivity index (χ1) is 10.6. The number of aromatic nitrogens is 2. The molecule has 0 radical (unpaired) electrons. The zero-order chi connectivity index (χ0) is 15.7. The Hall–Kier alpha value is -2.43. The molecule has 1 aromatic heterocycles. The molecule has 3 N–H and O–H groups in total. The molecule has 3 rings (SSSR count). The largest absolute Gasteiger partial charge is 0.479 e. The molecule has 1 aliphatic rings. The molecule has 0 aliphatic carbocycles. The van der Waals surface area contributed by atoms with Gasteiger partial charge >= 0.3 is 0 Å². The molecule has 114 valence electrons. The average molecular weight is 321 g/mol. The Balaban J connectivity index is 2.13. The van der Waals surface area contributed by atoms with Crippen LogP contribution in [-0.2, 0) is 0 Å². The minimum atomic E-state index is -0.761. The lowest BCUT2D eigenvalue weighted by atomic mass is 10.1. The minimum Gasteiger partial charge on any atom is -0.479 e. The normalized spacial score (nSPS) is 16.0. The molecule has 0 amide bonds. The van der Waals surface area contributed by atoms with E-state index >= 15 is 0 Å². The third-order valence-electron chi connectivity index (χ3n) is 3.11. The fraction of sp³-hybridized carbons (Fsp3) is 0.167. The molecule has 0 fully saturated rings. The molecule has 0 saturated carbocycles. The van der Waals surface area contributed by atoms with Crippen LogP contribution in [0, 0.1) is 10.1 Å². The number of anilines is 1. The standard InChI is InChI=1S/C12H11N5O4S/c1-21-11-9-12(14-5-13-11)22-8-3-2-6(17(19)20)4-7(8)10(15-9)16-18/h2-5,10,15-16,18H,1H3/t10-/m1/s1. The zero-order valence-electron chi connectivity index (χ0n) is 11.3. The summed E-state index contributed by atoms with van der Waals surface area (Å²) in [6.07, 6.45) is 0.605. The lowest BCUT2D eigenvalue weighted by Crippen LogP contribution is -2.25. The number of rotatable bonds is 3. The number of nitro benzene ring substituents is 1. The van der Waals surface area contributed by atoms with Gasteiger partial charge < -0.3 is 15.3 Å². The van der Waals surface area contributed by atoms with E-state index in [2.05, 4.69) is 20.8 Å². The summed E-state index contributed by atoms with van der Waals surface area (Å²) in [6.45, 7) is 0. The number of hydroxylamine groups is 1. The summed E-state index contributed by atoms with van der Waals surface area (Å²) in [5.74, 6) is 0.319. The van der Waals surface area contributed by atoms with E-state index in [-0.39, 0.29) is 5.69 Å². The van der Waals surface area contributed by atoms with E-state index < -0.39 is 11.1 Å². The van der Waals surface area contributed by atoms with Gasteiger partial charge in [-0.3, -0.25) is 10.1 Å². The zero-order valence-corrected chi connectivity index (χ0v) is 12.1. The van der Waals surface area contributed by atoms with Crippen molar-refractivity contribution in [2.75, 3.05) is 12.4 Å². The van der Waals surface area contributed by atoms with Gasteiger partial charge in [0.1, 0.15) is 23.2 Å². The maximum atomic E-state index is 10.9. The van der Waals surface area contributed by atoms with E-state index in [0.29, 0.717) is 22.2 Å². The van der Waals surface area contributed by atoms with Crippen LogP contribution in [0.2, 0.25) is 0 Å². The summed E-state index contributed by atoms with van der Waals surface area (Å²) in [6, 6.07) is 4.42. The third kappa shape index (κ3) is 2.43. The quantitative estimate of drug-likeness (QED) is 0.442. The Bertz CT molecular complexity index is 741. The number of ether oxygens (including phenoxy) is 1. The van der Waals surface area contributed by atoms with Gasteiger partial charge in [-0.25, -0.2) is 4.98 Å². The van der Waals surface area contributed by atoms with Gasteiger partial charge in [-0.1, -0.05) is 11.8 Å². The fourth-order valence-corrected chi connectivity index (χ4v) is 3.09. The number of hydrogen-bond acceptors (Lipinski definition) is 9. The lowest BCUT2D eigenvalue weighted by Gasteiger charge is -2.18. The van der Waals surface area contributed by atoms with E-state index in [0.717, 1.165) is 4.90 Å². The topological polar surface area (TPSA) is 122 Å². The van der Waals surface area contributed by atoms with Crippen molar-refractivity contribution < 1.29 is 14.9 Å². The molecule has 1 atom stereocenters. The first kappa shape index (κ1) is 14.5. The maximum absolute atomic E-state index is 10.9. The molecule has 0 bridgehead atoms. The molecule has 10 heteroatoms. The highest BCUT2D eigenvalue weighted by molar-refractivity contribution is 7.99. The molecule has 22 heavy (non-hydrogen) atoms. The molecule has 9 nitrogen and oxygen atoms in total. The monoisotopic (exact) mass is 321 g/mol. The predicted molar refractivity (Wildman–Crippen MR) is 77.1 cm³/mol. The molecule has 2 aromatic rings. The average Bonchev–Trinajstić information content (AvgIpc) is 2.69. The summed E-state index contributed by atoms with van der Waals surface area (Å²) in [5, 5.41) is 23.9. The van der Waals surface area contributed by atoms with Gasteiger partial charge in [-0.2, -0.15) is 10.5 Å². The van der Waals surface area contributed by atoms with Crippen LogP contribution in [0.25, 0.3) is 0 Å². The van der Waals surface area contributed by atoms with Crippen LogP contribution in [-0.4, -0.2) is 27.2 Å². The Labute approximate surface area is 128 Å². The summed E-state index contributed by atoms with van der Waals surface area (Å²) < 4.78 is 5.18. The Kier molecular flexibility index (Phi) is 3.79. The minimum absolute atomic E-state index is 0.0644. The molecule has 1 aliphatic heterocycles. The summed E-state index contributed by atoms with van der Waals surface area (Å²) in [5.41, 5.74) is 3.07. The van der Waals surface area contributed by atoms with Crippen LogP contribution < -0.4 is 15.5 Å². The molecular weight excluding hydrogens is 310 g/mol. The van der Waals surface area contributed by atoms with Gasteiger partial charge in [-0.15, -0.1) is 0 Å². The molecule has 2 heterocycles. The summed E-state index contributed by atoms with van der Waals surface area (Å²) in [4.78, 5) is 19.4. The fourth-order valence-electron chi connectivity index (χ4n) is 2.11. The third-order valence-corrected chi connectivity index (χ3v) is 4.21. The summed E-state index contributed by atoms with van der Waals surface area (Å²) in [7, 11) is 1.47. The molecule has 0 unspecified atom stereocenters. The predicted octanol–water partition coefficient (Wildman–Crippen LogP) is 1.95. The van der Waals surface area contributed by atoms with Crippen LogP contribution in [0.5, 0.6) is 5.88 Å². The Morgan fingerprint density at radius 3 is 3.00 bits per heavy atom. The van der Waals surface area contributed by atoms with Crippen molar-refractivity contribution in [1.29, 1.82) is 0 Å². The lowest BCUT2D eigenvalue weighted by molar-refractivity contribution is -0.385. The number of nitro groups is 1. The maximum Gasteiger partial charge on any atom is 0.269 e. The number of methoxy groups -OCH3 is 1. The number of non-ortho nitro benzene ring substituents is 1. The van der Waals surface area contributed by atoms with Crippen molar-refractivity contribution in [3.05, 3.63) is 40.2 Å². The second-order valence-electron chi connectivity index (χ2n) is 4.35. The van der Waals surface area contributed by atoms with Gasteiger partial charge in [0, 0.05) is 22.6 Å². The van der Waals surface area contributed by atoms with Crippen LogP contribution in [0.15, 0.2) is 34.4 Å². The van der Waals surface area contributed by atoms with Crippen molar-refractivity contribution in [1.82, 2.24) is 15.4 Å². The van der Waals surface area contributed by atoms with Crippen molar-refractivity contribution in [2.45, 2.75) is 16.1 Å². The highest BCUT2D eigenvalue weighted by atomic mass is 32.2. The highest BCUT2D eigenvalue weighted by Gasteiger charge is 2.27. The number of nitrogens with zero attached hydrogens (tertiary/aromatic N) is 3. The van der Waals surface area contributed by atoms with Gasteiger partial charge in [-0.05, 0) is 6.07 Å². The van der Waals surface area contributed by atoms with E-state index in [1.807, 2.05) is 0 Å². The second-order valence-corrected chi connectivity index (χ2v) is 5.38. The van der Waals surface area contributed by atoms with Crippen molar-refractivity contribution in [3.63, 3.8) is 0 Å². The van der Waals surface area contributed by atoms with Gasteiger partial charge in [0.25, 0.3) is 5.69 Å². The van der Waals surface area contributed by atoms with Crippen LogP contribution in [0.4, 0.5) is 11.4 Å². The van der Waals surface area contributed by atoms with Crippen LogP contribution >= 0.6 is 11.8 Å². The van der Waals surface area contributed by atoms with Crippen LogP contribution in [0.1, 0.15) is 11.7 Å². The summed E-state index contributed by atoms with van der Waals surface area (Å²) >= 11 is 1.31. The first-order valence-corrected chi connectivity index (χ1v) is 6.97. The van der Waals surface area contributed by atoms with Gasteiger partial charge in [0.05, 0.1) is 12.0 Å². The van der Waals surface area contributed by atoms with E-state index in [9.17, 15) is 15.3 Å². The highest BCUT2D eigenvalue weighted by Crippen LogP contribution is 2.44. The van der Waals surface area contributed by atoms with Gasteiger partial charge in [0.15, 0.2) is 0 Å². The van der Waals surface area contributed by atoms with Crippen molar-refractivity contribution >= 4 is 23.1 Å². The van der Waals surface area contributed by atoms with E-state index in [1.165, 1.54) is 37.3 Å². The second kappa shape index (κ2) is 5.75. The Morgan fingerprint density at radius 2 is 2.32 bits per heavy atom. The SMILES string of the molecule is COc1ncnc2c1N[C@H](NO)c1cc([N+](=O)[O-])ccc1S2. The molecular formula is C12H11N5O4S. The Morgan fingerprint density at radius 1 is 1.50 bits per heavy atom. The molecule has 0 saturated heterocycles. The smallest absolute Gasteiger partial charge is 0.269 e. The number of benzene rings is 1. The molecule has 1 aromatic carbocycles. The van der Waals surface area contributed by atoms with Crippen molar-refractivity contribution in [3.8, 4) is 5.88 Å².